The summed E-state index contributed by atoms with van der Waals surface area (Å²) in [7, 11) is 0. The minimum Gasteiger partial charge on any atom is -0.443 e. The minimum atomic E-state index is 0.0358. The van der Waals surface area contributed by atoms with E-state index in [1.165, 1.54) is 0 Å². The van der Waals surface area contributed by atoms with Crippen molar-refractivity contribution in [3.63, 3.8) is 0 Å². The molecule has 0 saturated carbocycles. The molecule has 1 amide bonds. The molecule has 2 rings (SSSR count). The summed E-state index contributed by atoms with van der Waals surface area (Å²) in [6, 6.07) is 3.91. The van der Waals surface area contributed by atoms with Gasteiger partial charge < -0.3 is 9.73 Å². The molecule has 2 aromatic rings. The lowest BCUT2D eigenvalue weighted by molar-refractivity contribution is -0.124. The molecular weight excluding hydrogens is 248 g/mol. The zero-order chi connectivity index (χ0) is 13.0. The van der Waals surface area contributed by atoms with Crippen LogP contribution in [0.5, 0.6) is 0 Å². The summed E-state index contributed by atoms with van der Waals surface area (Å²) in [6.07, 6.45) is 2.43. The lowest BCUT2D eigenvalue weighted by Gasteiger charge is -2.07. The Labute approximate surface area is 110 Å². The van der Waals surface area contributed by atoms with Crippen molar-refractivity contribution < 1.29 is 9.21 Å². The summed E-state index contributed by atoms with van der Waals surface area (Å²) in [5.74, 6) is 0.699. The van der Waals surface area contributed by atoms with Crippen LogP contribution in [0.25, 0.3) is 10.8 Å². The van der Waals surface area contributed by atoms with Gasteiger partial charge >= 0.3 is 0 Å². The van der Waals surface area contributed by atoms with Crippen molar-refractivity contribution in [1.82, 2.24) is 10.3 Å². The summed E-state index contributed by atoms with van der Waals surface area (Å²) in [6.45, 7) is 4.32. The van der Waals surface area contributed by atoms with Gasteiger partial charge in [-0.25, -0.2) is 4.98 Å². The van der Waals surface area contributed by atoms with Crippen LogP contribution in [-0.4, -0.2) is 10.9 Å². The summed E-state index contributed by atoms with van der Waals surface area (Å²) in [5.41, 5.74) is 0.745. The number of nitrogens with one attached hydrogen (secondary N) is 1. The molecule has 4 nitrogen and oxygen atoms in total. The number of thiophene rings is 1. The molecule has 0 radical (unpaired) electrons. The van der Waals surface area contributed by atoms with Crippen LogP contribution in [0.3, 0.4) is 0 Å². The molecule has 2 aromatic heterocycles. The van der Waals surface area contributed by atoms with E-state index in [-0.39, 0.29) is 11.8 Å². The Morgan fingerprint density at radius 3 is 3.11 bits per heavy atom. The van der Waals surface area contributed by atoms with Gasteiger partial charge in [0.15, 0.2) is 0 Å². The third kappa shape index (κ3) is 2.98. The van der Waals surface area contributed by atoms with E-state index >= 15 is 0 Å². The van der Waals surface area contributed by atoms with E-state index in [9.17, 15) is 4.79 Å². The molecular formula is C13H16N2O2S. The van der Waals surface area contributed by atoms with Gasteiger partial charge in [0.2, 0.25) is 11.8 Å². The number of aromatic nitrogens is 1. The van der Waals surface area contributed by atoms with Crippen LogP contribution < -0.4 is 5.32 Å². The Morgan fingerprint density at radius 1 is 1.61 bits per heavy atom. The standard InChI is InChI=1S/C13H16N2O2S/c1-3-9(2)12(16)14-7-10-8-17-13(15-10)11-5-4-6-18-11/h4-6,8-9H,3,7H2,1-2H3,(H,14,16)/t9-/m0/s1. The number of rotatable bonds is 5. The molecule has 0 spiro atoms. The Morgan fingerprint density at radius 2 is 2.44 bits per heavy atom. The highest BCUT2D eigenvalue weighted by Gasteiger charge is 2.12. The molecule has 0 aliphatic heterocycles. The van der Waals surface area contributed by atoms with Crippen molar-refractivity contribution in [2.24, 2.45) is 5.92 Å². The highest BCUT2D eigenvalue weighted by molar-refractivity contribution is 7.13. The predicted octanol–water partition coefficient (Wildman–Crippen LogP) is 3.07. The highest BCUT2D eigenvalue weighted by atomic mass is 32.1. The lowest BCUT2D eigenvalue weighted by atomic mass is 10.1. The zero-order valence-corrected chi connectivity index (χ0v) is 11.3. The number of carbonyl (C=O) groups is 1. The van der Waals surface area contributed by atoms with Crippen LogP contribution in [0.4, 0.5) is 0 Å². The molecule has 1 N–H and O–H groups in total. The first-order valence-corrected chi connectivity index (χ1v) is 6.84. The third-order valence-corrected chi connectivity index (χ3v) is 3.65. The van der Waals surface area contributed by atoms with E-state index in [0.29, 0.717) is 12.4 Å². The minimum absolute atomic E-state index is 0.0358. The number of oxazole rings is 1. The maximum atomic E-state index is 11.6. The summed E-state index contributed by atoms with van der Waals surface area (Å²) in [4.78, 5) is 16.9. The molecule has 0 fully saturated rings. The zero-order valence-electron chi connectivity index (χ0n) is 10.5. The average Bonchev–Trinajstić information content (AvgIpc) is 3.04. The second-order valence-corrected chi connectivity index (χ2v) is 5.10. The summed E-state index contributed by atoms with van der Waals surface area (Å²) < 4.78 is 5.38. The molecule has 5 heteroatoms. The average molecular weight is 264 g/mol. The molecule has 0 bridgehead atoms. The predicted molar refractivity (Wildman–Crippen MR) is 71.1 cm³/mol. The van der Waals surface area contributed by atoms with Crippen LogP contribution in [0.15, 0.2) is 28.2 Å². The van der Waals surface area contributed by atoms with E-state index in [2.05, 4.69) is 10.3 Å². The number of hydrogen-bond acceptors (Lipinski definition) is 4. The molecule has 0 unspecified atom stereocenters. The van der Waals surface area contributed by atoms with Crippen LogP contribution in [0.1, 0.15) is 26.0 Å². The fourth-order valence-corrected chi connectivity index (χ4v) is 2.09. The quantitative estimate of drug-likeness (QED) is 0.903. The maximum Gasteiger partial charge on any atom is 0.236 e. The van der Waals surface area contributed by atoms with Crippen molar-refractivity contribution in [3.8, 4) is 10.8 Å². The van der Waals surface area contributed by atoms with E-state index in [4.69, 9.17) is 4.42 Å². The molecule has 0 aromatic carbocycles. The topological polar surface area (TPSA) is 55.1 Å². The van der Waals surface area contributed by atoms with Crippen molar-refractivity contribution in [1.29, 1.82) is 0 Å². The fraction of sp³-hybridized carbons (Fsp3) is 0.385. The van der Waals surface area contributed by atoms with Gasteiger partial charge in [0.05, 0.1) is 17.1 Å². The Hall–Kier alpha value is -1.62. The number of carbonyl (C=O) groups excluding carboxylic acids is 1. The van der Waals surface area contributed by atoms with Crippen LogP contribution >= 0.6 is 11.3 Å². The third-order valence-electron chi connectivity index (χ3n) is 2.79. The maximum absolute atomic E-state index is 11.6. The Bertz CT molecular complexity index is 505. The van der Waals surface area contributed by atoms with Gasteiger partial charge in [-0.05, 0) is 17.9 Å². The second kappa shape index (κ2) is 5.82. The van der Waals surface area contributed by atoms with Gasteiger partial charge in [-0.3, -0.25) is 4.79 Å². The monoisotopic (exact) mass is 264 g/mol. The van der Waals surface area contributed by atoms with Crippen molar-refractivity contribution in [3.05, 3.63) is 29.5 Å². The Kier molecular flexibility index (Phi) is 4.15. The van der Waals surface area contributed by atoms with E-state index in [0.717, 1.165) is 17.0 Å². The molecule has 0 aliphatic rings. The number of nitrogens with zero attached hydrogens (tertiary/aromatic N) is 1. The van der Waals surface area contributed by atoms with Crippen LogP contribution in [0.2, 0.25) is 0 Å². The molecule has 2 heterocycles. The van der Waals surface area contributed by atoms with Gasteiger partial charge in [-0.1, -0.05) is 19.9 Å². The summed E-state index contributed by atoms with van der Waals surface area (Å²) >= 11 is 1.58. The first kappa shape index (κ1) is 12.8. The van der Waals surface area contributed by atoms with Gasteiger partial charge in [0, 0.05) is 5.92 Å². The first-order chi connectivity index (χ1) is 8.70. The molecule has 18 heavy (non-hydrogen) atoms. The number of hydrogen-bond donors (Lipinski definition) is 1. The van der Waals surface area contributed by atoms with Gasteiger partial charge in [-0.15, -0.1) is 11.3 Å². The van der Waals surface area contributed by atoms with Gasteiger partial charge in [0.1, 0.15) is 6.26 Å². The highest BCUT2D eigenvalue weighted by Crippen LogP contribution is 2.23. The SMILES string of the molecule is CC[C@H](C)C(=O)NCc1coc(-c2cccs2)n1. The van der Waals surface area contributed by atoms with Crippen LogP contribution in [0, 0.1) is 5.92 Å². The van der Waals surface area contributed by atoms with Crippen molar-refractivity contribution in [2.45, 2.75) is 26.8 Å². The largest absolute Gasteiger partial charge is 0.443 e. The Balaban J connectivity index is 1.93. The smallest absolute Gasteiger partial charge is 0.236 e. The number of amides is 1. The van der Waals surface area contributed by atoms with E-state index in [1.54, 1.807) is 17.6 Å². The second-order valence-electron chi connectivity index (χ2n) is 4.15. The molecule has 0 aliphatic carbocycles. The van der Waals surface area contributed by atoms with Gasteiger partial charge in [-0.2, -0.15) is 0 Å². The van der Waals surface area contributed by atoms with Crippen molar-refractivity contribution >= 4 is 17.2 Å². The van der Waals surface area contributed by atoms with E-state index < -0.39 is 0 Å². The summed E-state index contributed by atoms with van der Waals surface area (Å²) in [5, 5.41) is 4.83. The van der Waals surface area contributed by atoms with Crippen molar-refractivity contribution in [2.75, 3.05) is 0 Å². The molecule has 1 atom stereocenters. The normalized spacial score (nSPS) is 12.3. The fourth-order valence-electron chi connectivity index (χ4n) is 1.44. The van der Waals surface area contributed by atoms with Gasteiger partial charge in [0.25, 0.3) is 0 Å². The van der Waals surface area contributed by atoms with Crippen LogP contribution in [-0.2, 0) is 11.3 Å². The van der Waals surface area contributed by atoms with E-state index in [1.807, 2.05) is 31.4 Å². The molecule has 0 saturated heterocycles. The first-order valence-electron chi connectivity index (χ1n) is 5.96. The lowest BCUT2D eigenvalue weighted by Crippen LogP contribution is -2.28. The molecule has 96 valence electrons.